The Labute approximate surface area is 83.1 Å². The number of ether oxygens (including phenoxy) is 1. The summed E-state index contributed by atoms with van der Waals surface area (Å²) in [7, 11) is 3.62. The smallest absolute Gasteiger partial charge is 0.119 e. The predicted octanol–water partition coefficient (Wildman–Crippen LogP) is 1.90. The van der Waals surface area contributed by atoms with Crippen LogP contribution in [0.3, 0.4) is 0 Å². The first-order valence-electron chi connectivity index (χ1n) is 4.63. The molecule has 0 unspecified atom stereocenters. The maximum atomic E-state index is 5.16. The van der Waals surface area contributed by atoms with Crippen LogP contribution in [0.2, 0.25) is 0 Å². The van der Waals surface area contributed by atoms with Crippen LogP contribution in [-0.2, 0) is 6.54 Å². The van der Waals surface area contributed by atoms with Crippen molar-refractivity contribution in [2.45, 2.75) is 6.54 Å². The van der Waals surface area contributed by atoms with Crippen molar-refractivity contribution in [3.8, 4) is 5.75 Å². The standard InChI is InChI=1S/C11H14N2O/c1-12-7-9-5-8-6-10(14-2)3-4-11(8)13-9/h3-6,12-13H,7H2,1-2H3. The summed E-state index contributed by atoms with van der Waals surface area (Å²) in [6.45, 7) is 0.858. The molecule has 0 saturated carbocycles. The average molecular weight is 190 g/mol. The second-order valence-electron chi connectivity index (χ2n) is 3.28. The monoisotopic (exact) mass is 190 g/mol. The topological polar surface area (TPSA) is 37.0 Å². The van der Waals surface area contributed by atoms with Gasteiger partial charge in [-0.15, -0.1) is 0 Å². The summed E-state index contributed by atoms with van der Waals surface area (Å²) in [5, 5.41) is 4.30. The Hall–Kier alpha value is -1.48. The summed E-state index contributed by atoms with van der Waals surface area (Å²) >= 11 is 0. The van der Waals surface area contributed by atoms with Gasteiger partial charge in [0.2, 0.25) is 0 Å². The summed E-state index contributed by atoms with van der Waals surface area (Å²) in [5.41, 5.74) is 2.34. The number of hydrogen-bond donors (Lipinski definition) is 2. The number of rotatable bonds is 3. The lowest BCUT2D eigenvalue weighted by Gasteiger charge is -1.97. The van der Waals surface area contributed by atoms with E-state index in [1.807, 2.05) is 25.2 Å². The molecule has 3 nitrogen and oxygen atoms in total. The zero-order valence-corrected chi connectivity index (χ0v) is 8.42. The lowest BCUT2D eigenvalue weighted by Crippen LogP contribution is -2.04. The molecule has 0 amide bonds. The van der Waals surface area contributed by atoms with Gasteiger partial charge < -0.3 is 15.0 Å². The molecule has 0 spiro atoms. The van der Waals surface area contributed by atoms with Gasteiger partial charge in [-0.2, -0.15) is 0 Å². The van der Waals surface area contributed by atoms with Crippen molar-refractivity contribution >= 4 is 10.9 Å². The Balaban J connectivity index is 2.43. The highest BCUT2D eigenvalue weighted by atomic mass is 16.5. The number of benzene rings is 1. The van der Waals surface area contributed by atoms with Crippen LogP contribution in [0, 0.1) is 0 Å². The molecule has 0 aliphatic heterocycles. The van der Waals surface area contributed by atoms with Gasteiger partial charge in [-0.3, -0.25) is 0 Å². The molecule has 0 radical (unpaired) electrons. The summed E-state index contributed by atoms with van der Waals surface area (Å²) in [5.74, 6) is 0.896. The third-order valence-electron chi connectivity index (χ3n) is 2.25. The summed E-state index contributed by atoms with van der Waals surface area (Å²) in [6, 6.07) is 8.16. The van der Waals surface area contributed by atoms with Crippen molar-refractivity contribution in [3.63, 3.8) is 0 Å². The summed E-state index contributed by atoms with van der Waals surface area (Å²) < 4.78 is 5.16. The zero-order valence-electron chi connectivity index (χ0n) is 8.42. The van der Waals surface area contributed by atoms with Gasteiger partial charge in [-0.05, 0) is 31.3 Å². The minimum atomic E-state index is 0.858. The number of fused-ring (bicyclic) bond motifs is 1. The number of aromatic nitrogens is 1. The first kappa shape index (κ1) is 9.09. The van der Waals surface area contributed by atoms with E-state index in [2.05, 4.69) is 16.4 Å². The molecular formula is C11H14N2O. The van der Waals surface area contributed by atoms with Gasteiger partial charge in [0, 0.05) is 23.1 Å². The van der Waals surface area contributed by atoms with Crippen LogP contribution in [0.15, 0.2) is 24.3 Å². The fourth-order valence-electron chi connectivity index (χ4n) is 1.58. The van der Waals surface area contributed by atoms with Crippen molar-refractivity contribution in [3.05, 3.63) is 30.0 Å². The van der Waals surface area contributed by atoms with Gasteiger partial charge in [0.05, 0.1) is 7.11 Å². The molecule has 74 valence electrons. The summed E-state index contributed by atoms with van der Waals surface area (Å²) in [6.07, 6.45) is 0. The minimum Gasteiger partial charge on any atom is -0.497 e. The molecule has 2 aromatic rings. The third-order valence-corrected chi connectivity index (χ3v) is 2.25. The maximum absolute atomic E-state index is 5.16. The minimum absolute atomic E-state index is 0.858. The lowest BCUT2D eigenvalue weighted by molar-refractivity contribution is 0.415. The van der Waals surface area contributed by atoms with Crippen LogP contribution >= 0.6 is 0 Å². The van der Waals surface area contributed by atoms with Crippen molar-refractivity contribution in [1.82, 2.24) is 10.3 Å². The van der Waals surface area contributed by atoms with E-state index in [1.165, 1.54) is 11.1 Å². The lowest BCUT2D eigenvalue weighted by atomic mass is 10.2. The molecule has 1 heterocycles. The highest BCUT2D eigenvalue weighted by molar-refractivity contribution is 5.81. The fourth-order valence-corrected chi connectivity index (χ4v) is 1.58. The van der Waals surface area contributed by atoms with Crippen molar-refractivity contribution < 1.29 is 4.74 Å². The van der Waals surface area contributed by atoms with Crippen LogP contribution < -0.4 is 10.1 Å². The third kappa shape index (κ3) is 1.59. The Bertz CT molecular complexity index is 434. The van der Waals surface area contributed by atoms with E-state index in [0.29, 0.717) is 0 Å². The molecule has 14 heavy (non-hydrogen) atoms. The van der Waals surface area contributed by atoms with Gasteiger partial charge in [0.25, 0.3) is 0 Å². The van der Waals surface area contributed by atoms with Crippen LogP contribution in [0.4, 0.5) is 0 Å². The van der Waals surface area contributed by atoms with Gasteiger partial charge >= 0.3 is 0 Å². The largest absolute Gasteiger partial charge is 0.497 e. The highest BCUT2D eigenvalue weighted by Gasteiger charge is 2.00. The Morgan fingerprint density at radius 3 is 2.93 bits per heavy atom. The number of hydrogen-bond acceptors (Lipinski definition) is 2. The highest BCUT2D eigenvalue weighted by Crippen LogP contribution is 2.21. The van der Waals surface area contributed by atoms with Crippen molar-refractivity contribution in [1.29, 1.82) is 0 Å². The fraction of sp³-hybridized carbons (Fsp3) is 0.273. The molecule has 3 heteroatoms. The molecule has 1 aromatic heterocycles. The van der Waals surface area contributed by atoms with E-state index in [0.717, 1.165) is 17.8 Å². The maximum Gasteiger partial charge on any atom is 0.119 e. The SMILES string of the molecule is CNCc1cc2cc(OC)ccc2[nH]1. The number of methoxy groups -OCH3 is 1. The quantitative estimate of drug-likeness (QED) is 0.775. The second-order valence-corrected chi connectivity index (χ2v) is 3.28. The van der Waals surface area contributed by atoms with E-state index < -0.39 is 0 Å². The van der Waals surface area contributed by atoms with Crippen molar-refractivity contribution in [2.24, 2.45) is 0 Å². The van der Waals surface area contributed by atoms with E-state index in [4.69, 9.17) is 4.74 Å². The summed E-state index contributed by atoms with van der Waals surface area (Å²) in [4.78, 5) is 3.33. The molecular weight excluding hydrogens is 176 g/mol. The zero-order chi connectivity index (χ0) is 9.97. The van der Waals surface area contributed by atoms with Crippen molar-refractivity contribution in [2.75, 3.05) is 14.2 Å². The molecule has 0 atom stereocenters. The Morgan fingerprint density at radius 2 is 2.21 bits per heavy atom. The number of nitrogens with one attached hydrogen (secondary N) is 2. The average Bonchev–Trinajstić information content (AvgIpc) is 2.59. The van der Waals surface area contributed by atoms with Crippen LogP contribution in [-0.4, -0.2) is 19.1 Å². The Morgan fingerprint density at radius 1 is 1.36 bits per heavy atom. The molecule has 0 aliphatic carbocycles. The van der Waals surface area contributed by atoms with E-state index in [1.54, 1.807) is 7.11 Å². The first-order valence-corrected chi connectivity index (χ1v) is 4.63. The van der Waals surface area contributed by atoms with E-state index in [-0.39, 0.29) is 0 Å². The van der Waals surface area contributed by atoms with Gasteiger partial charge in [-0.25, -0.2) is 0 Å². The second kappa shape index (κ2) is 3.72. The first-order chi connectivity index (χ1) is 6.83. The molecule has 0 saturated heterocycles. The van der Waals surface area contributed by atoms with Crippen LogP contribution in [0.1, 0.15) is 5.69 Å². The predicted molar refractivity (Wildman–Crippen MR) is 57.6 cm³/mol. The number of aromatic amines is 1. The molecule has 0 bridgehead atoms. The van der Waals surface area contributed by atoms with Gasteiger partial charge in [0.1, 0.15) is 5.75 Å². The molecule has 0 fully saturated rings. The Kier molecular flexibility index (Phi) is 2.41. The normalized spacial score (nSPS) is 10.7. The van der Waals surface area contributed by atoms with Gasteiger partial charge in [-0.1, -0.05) is 0 Å². The molecule has 2 rings (SSSR count). The number of H-pyrrole nitrogens is 1. The molecule has 1 aromatic carbocycles. The van der Waals surface area contributed by atoms with Crippen LogP contribution in [0.5, 0.6) is 5.75 Å². The molecule has 0 aliphatic rings. The van der Waals surface area contributed by atoms with Crippen LogP contribution in [0.25, 0.3) is 10.9 Å². The van der Waals surface area contributed by atoms with Gasteiger partial charge in [0.15, 0.2) is 0 Å². The van der Waals surface area contributed by atoms with E-state index in [9.17, 15) is 0 Å². The van der Waals surface area contributed by atoms with E-state index >= 15 is 0 Å². The molecule has 2 N–H and O–H groups in total.